The molecule has 0 amide bonds. The number of allylic oxidation sites excluding steroid dienone is 2. The van der Waals surface area contributed by atoms with Gasteiger partial charge in [-0.3, -0.25) is 4.79 Å². The van der Waals surface area contributed by atoms with Gasteiger partial charge in [0.1, 0.15) is 0 Å². The van der Waals surface area contributed by atoms with Crippen LogP contribution in [-0.2, 0) is 4.79 Å². The molecule has 0 bridgehead atoms. The van der Waals surface area contributed by atoms with Crippen molar-refractivity contribution < 1.29 is 4.79 Å². The summed E-state index contributed by atoms with van der Waals surface area (Å²) in [7, 11) is 0. The zero-order valence-electron chi connectivity index (χ0n) is 7.68. The second-order valence-electron chi connectivity index (χ2n) is 4.16. The van der Waals surface area contributed by atoms with Gasteiger partial charge in [-0.05, 0) is 43.6 Å². The van der Waals surface area contributed by atoms with Crippen LogP contribution in [0.5, 0.6) is 0 Å². The van der Waals surface area contributed by atoms with E-state index in [4.69, 9.17) is 0 Å². The van der Waals surface area contributed by atoms with E-state index in [0.29, 0.717) is 5.78 Å². The fourth-order valence-corrected chi connectivity index (χ4v) is 2.58. The topological polar surface area (TPSA) is 17.1 Å². The quantitative estimate of drug-likeness (QED) is 0.582. The van der Waals surface area contributed by atoms with Crippen LogP contribution in [0.1, 0.15) is 39.0 Å². The van der Waals surface area contributed by atoms with Crippen molar-refractivity contribution in [1.82, 2.24) is 0 Å². The molecular weight excluding hydrogens is 148 g/mol. The average molecular weight is 164 g/mol. The van der Waals surface area contributed by atoms with Crippen LogP contribution in [0.15, 0.2) is 11.6 Å². The molecule has 0 radical (unpaired) electrons. The Hall–Kier alpha value is -0.590. The fourth-order valence-electron chi connectivity index (χ4n) is 2.58. The molecule has 2 rings (SSSR count). The maximum atomic E-state index is 11.1. The van der Waals surface area contributed by atoms with Crippen molar-refractivity contribution in [2.75, 3.05) is 0 Å². The summed E-state index contributed by atoms with van der Waals surface area (Å²) >= 11 is 0. The van der Waals surface area contributed by atoms with Crippen LogP contribution in [0, 0.1) is 11.8 Å². The van der Waals surface area contributed by atoms with E-state index < -0.39 is 0 Å². The van der Waals surface area contributed by atoms with Crippen molar-refractivity contribution in [3.05, 3.63) is 11.6 Å². The number of carbonyl (C=O) groups excluding carboxylic acids is 1. The van der Waals surface area contributed by atoms with Crippen LogP contribution < -0.4 is 0 Å². The summed E-state index contributed by atoms with van der Waals surface area (Å²) in [5.74, 6) is 1.86. The summed E-state index contributed by atoms with van der Waals surface area (Å²) in [6.07, 6.45) is 8.72. The maximum absolute atomic E-state index is 11.1. The van der Waals surface area contributed by atoms with Crippen LogP contribution in [-0.4, -0.2) is 5.78 Å². The minimum atomic E-state index is 0.296. The number of rotatable bonds is 1. The molecule has 1 heteroatoms. The molecule has 1 fully saturated rings. The van der Waals surface area contributed by atoms with Gasteiger partial charge in [0.2, 0.25) is 0 Å². The molecule has 0 aromatic heterocycles. The maximum Gasteiger partial charge on any atom is 0.155 e. The van der Waals surface area contributed by atoms with E-state index in [1.54, 1.807) is 6.92 Å². The number of Topliss-reactive ketones (excluding diaryl/α,β-unsaturated/α-hetero) is 1. The molecule has 2 atom stereocenters. The smallest absolute Gasteiger partial charge is 0.155 e. The van der Waals surface area contributed by atoms with Crippen LogP contribution in [0.25, 0.3) is 0 Å². The number of fused-ring (bicyclic) bond motifs is 1. The third-order valence-electron chi connectivity index (χ3n) is 3.32. The molecule has 1 saturated carbocycles. The van der Waals surface area contributed by atoms with Crippen molar-refractivity contribution in [2.24, 2.45) is 11.8 Å². The van der Waals surface area contributed by atoms with Crippen LogP contribution in [0.3, 0.4) is 0 Å². The Morgan fingerprint density at radius 1 is 1.42 bits per heavy atom. The number of hydrogen-bond acceptors (Lipinski definition) is 1. The second-order valence-corrected chi connectivity index (χ2v) is 4.16. The first-order chi connectivity index (χ1) is 5.77. The first kappa shape index (κ1) is 8.03. The van der Waals surface area contributed by atoms with Gasteiger partial charge in [0.05, 0.1) is 0 Å². The lowest BCUT2D eigenvalue weighted by atomic mass is 9.81. The zero-order valence-corrected chi connectivity index (χ0v) is 7.68. The van der Waals surface area contributed by atoms with Gasteiger partial charge >= 0.3 is 0 Å². The second kappa shape index (κ2) is 3.04. The van der Waals surface area contributed by atoms with Gasteiger partial charge in [-0.15, -0.1) is 0 Å². The minimum Gasteiger partial charge on any atom is -0.295 e. The Bertz CT molecular complexity index is 227. The number of carbonyl (C=O) groups is 1. The largest absolute Gasteiger partial charge is 0.295 e. The van der Waals surface area contributed by atoms with Crippen molar-refractivity contribution in [2.45, 2.75) is 39.0 Å². The lowest BCUT2D eigenvalue weighted by Gasteiger charge is -2.24. The van der Waals surface area contributed by atoms with Crippen molar-refractivity contribution in [1.29, 1.82) is 0 Å². The first-order valence-corrected chi connectivity index (χ1v) is 4.99. The molecule has 66 valence electrons. The highest BCUT2D eigenvalue weighted by molar-refractivity contribution is 5.93. The lowest BCUT2D eigenvalue weighted by molar-refractivity contribution is -0.113. The van der Waals surface area contributed by atoms with E-state index in [1.165, 1.54) is 25.7 Å². The van der Waals surface area contributed by atoms with E-state index in [-0.39, 0.29) is 0 Å². The number of hydrogen-bond donors (Lipinski definition) is 0. The lowest BCUT2D eigenvalue weighted by Crippen LogP contribution is -2.13. The summed E-state index contributed by atoms with van der Waals surface area (Å²) in [6.45, 7) is 1.70. The van der Waals surface area contributed by atoms with Gasteiger partial charge in [-0.1, -0.05) is 18.9 Å². The molecule has 0 aromatic rings. The number of ketones is 1. The molecule has 0 aromatic carbocycles. The van der Waals surface area contributed by atoms with Gasteiger partial charge < -0.3 is 0 Å². The third-order valence-corrected chi connectivity index (χ3v) is 3.32. The van der Waals surface area contributed by atoms with Gasteiger partial charge in [0, 0.05) is 0 Å². The standard InChI is InChI=1S/C11H16O/c1-8(12)11-6-9-4-2-3-5-10(9)7-11/h6,9-10H,2-5,7H2,1H3. The Morgan fingerprint density at radius 3 is 2.83 bits per heavy atom. The van der Waals surface area contributed by atoms with Crippen molar-refractivity contribution >= 4 is 5.78 Å². The molecule has 0 N–H and O–H groups in total. The van der Waals surface area contributed by atoms with Crippen LogP contribution >= 0.6 is 0 Å². The summed E-state index contributed by atoms with van der Waals surface area (Å²) < 4.78 is 0. The molecule has 1 nitrogen and oxygen atoms in total. The Labute approximate surface area is 73.8 Å². The first-order valence-electron chi connectivity index (χ1n) is 4.99. The highest BCUT2D eigenvalue weighted by Crippen LogP contribution is 2.40. The highest BCUT2D eigenvalue weighted by atomic mass is 16.1. The van der Waals surface area contributed by atoms with Crippen molar-refractivity contribution in [3.63, 3.8) is 0 Å². The molecule has 2 unspecified atom stereocenters. The summed E-state index contributed by atoms with van der Waals surface area (Å²) in [6, 6.07) is 0. The normalized spacial score (nSPS) is 34.2. The van der Waals surface area contributed by atoms with E-state index in [2.05, 4.69) is 6.08 Å². The van der Waals surface area contributed by atoms with Gasteiger partial charge in [0.25, 0.3) is 0 Å². The molecule has 2 aliphatic rings. The molecule has 0 heterocycles. The van der Waals surface area contributed by atoms with E-state index in [0.717, 1.165) is 23.8 Å². The van der Waals surface area contributed by atoms with Crippen LogP contribution in [0.4, 0.5) is 0 Å². The Balaban J connectivity index is 2.09. The van der Waals surface area contributed by atoms with Gasteiger partial charge in [-0.25, -0.2) is 0 Å². The van der Waals surface area contributed by atoms with E-state index >= 15 is 0 Å². The van der Waals surface area contributed by atoms with Crippen LogP contribution in [0.2, 0.25) is 0 Å². The predicted molar refractivity (Wildman–Crippen MR) is 48.8 cm³/mol. The molecule has 0 saturated heterocycles. The molecule has 0 spiro atoms. The van der Waals surface area contributed by atoms with Gasteiger partial charge in [0.15, 0.2) is 5.78 Å². The Morgan fingerprint density at radius 2 is 2.17 bits per heavy atom. The van der Waals surface area contributed by atoms with Crippen molar-refractivity contribution in [3.8, 4) is 0 Å². The SMILES string of the molecule is CC(=O)C1=CC2CCCCC2C1. The van der Waals surface area contributed by atoms with Gasteiger partial charge in [-0.2, -0.15) is 0 Å². The molecular formula is C11H16O. The summed E-state index contributed by atoms with van der Waals surface area (Å²) in [5, 5.41) is 0. The summed E-state index contributed by atoms with van der Waals surface area (Å²) in [4.78, 5) is 11.1. The minimum absolute atomic E-state index is 0.296. The average Bonchev–Trinajstić information content (AvgIpc) is 2.46. The monoisotopic (exact) mass is 164 g/mol. The summed E-state index contributed by atoms with van der Waals surface area (Å²) in [5.41, 5.74) is 1.10. The Kier molecular flexibility index (Phi) is 2.03. The molecule has 0 aliphatic heterocycles. The molecule has 2 aliphatic carbocycles. The zero-order chi connectivity index (χ0) is 8.55. The van der Waals surface area contributed by atoms with E-state index in [1.807, 2.05) is 0 Å². The third kappa shape index (κ3) is 1.33. The van der Waals surface area contributed by atoms with E-state index in [9.17, 15) is 4.79 Å². The predicted octanol–water partition coefficient (Wildman–Crippen LogP) is 2.71. The molecule has 12 heavy (non-hydrogen) atoms. The highest BCUT2D eigenvalue weighted by Gasteiger charge is 2.30. The fraction of sp³-hybridized carbons (Fsp3) is 0.727.